The Kier molecular flexibility index (Phi) is 5.22. The van der Waals surface area contributed by atoms with E-state index in [4.69, 9.17) is 10.2 Å². The number of carbonyl (C=O) groups excluding carboxylic acids is 2. The molecule has 1 saturated heterocycles. The fourth-order valence-corrected chi connectivity index (χ4v) is 4.94. The number of benzene rings is 2. The highest BCUT2D eigenvalue weighted by atomic mass is 16.3. The number of fused-ring (bicyclic) bond motifs is 1. The molecule has 2 aromatic carbocycles. The number of amides is 2. The molecule has 10 nitrogen and oxygen atoms in total. The molecule has 0 spiro atoms. The largest absolute Gasteiger partial charge is 0.448 e. The normalized spacial score (nSPS) is 17.5. The number of pyridine rings is 1. The molecule has 3 aromatic heterocycles. The molecule has 0 aliphatic carbocycles. The number of oxazole rings is 1. The Morgan fingerprint density at radius 1 is 1.05 bits per heavy atom. The Balaban J connectivity index is 1.43. The minimum Gasteiger partial charge on any atom is -0.448 e. The lowest BCUT2D eigenvalue weighted by Crippen LogP contribution is -2.28. The van der Waals surface area contributed by atoms with E-state index in [1.807, 2.05) is 48.5 Å². The maximum atomic E-state index is 13.4. The van der Waals surface area contributed by atoms with E-state index < -0.39 is 17.9 Å². The molecule has 10 heteroatoms. The summed E-state index contributed by atoms with van der Waals surface area (Å²) >= 11 is 0. The number of nitrogens with two attached hydrogens (primary N) is 1. The van der Waals surface area contributed by atoms with Crippen LogP contribution < -0.4 is 16.2 Å². The van der Waals surface area contributed by atoms with Crippen molar-refractivity contribution in [3.8, 4) is 5.69 Å². The van der Waals surface area contributed by atoms with E-state index >= 15 is 0 Å². The molecule has 2 amide bonds. The van der Waals surface area contributed by atoms with Crippen LogP contribution in [0.15, 0.2) is 88.5 Å². The molecule has 0 radical (unpaired) electrons. The highest BCUT2D eigenvalue weighted by Gasteiger charge is 2.45. The van der Waals surface area contributed by atoms with Gasteiger partial charge in [0.25, 0.3) is 5.91 Å². The summed E-state index contributed by atoms with van der Waals surface area (Å²) in [7, 11) is 1.69. The average Bonchev–Trinajstić information content (AvgIpc) is 3.63. The summed E-state index contributed by atoms with van der Waals surface area (Å²) in [4.78, 5) is 42.8. The summed E-state index contributed by atoms with van der Waals surface area (Å²) in [5, 5.41) is 5.35. The zero-order valence-corrected chi connectivity index (χ0v) is 19.8. The predicted octanol–water partition coefficient (Wildman–Crippen LogP) is 3.07. The second-order valence-corrected chi connectivity index (χ2v) is 9.00. The van der Waals surface area contributed by atoms with Crippen molar-refractivity contribution in [1.82, 2.24) is 19.3 Å². The van der Waals surface area contributed by atoms with Gasteiger partial charge in [-0.1, -0.05) is 30.3 Å². The lowest BCUT2D eigenvalue weighted by molar-refractivity contribution is -0.117. The van der Waals surface area contributed by atoms with E-state index in [0.717, 1.165) is 22.2 Å². The minimum absolute atomic E-state index is 0.0277. The van der Waals surface area contributed by atoms with Crippen LogP contribution in [0.3, 0.4) is 0 Å². The summed E-state index contributed by atoms with van der Waals surface area (Å²) in [5.74, 6) is -0.898. The van der Waals surface area contributed by atoms with Gasteiger partial charge in [-0.05, 0) is 29.8 Å². The number of anilines is 1. The monoisotopic (exact) mass is 494 g/mol. The van der Waals surface area contributed by atoms with Crippen LogP contribution in [0.2, 0.25) is 0 Å². The third kappa shape index (κ3) is 3.79. The van der Waals surface area contributed by atoms with Gasteiger partial charge in [0.1, 0.15) is 6.26 Å². The first-order chi connectivity index (χ1) is 17.9. The lowest BCUT2D eigenvalue weighted by atomic mass is 9.93. The van der Waals surface area contributed by atoms with Gasteiger partial charge in [-0.25, -0.2) is 9.67 Å². The molecule has 1 aliphatic heterocycles. The van der Waals surface area contributed by atoms with Gasteiger partial charge in [-0.15, -0.1) is 0 Å². The smallest absolute Gasteiger partial charge is 0.270 e. The van der Waals surface area contributed by atoms with Crippen LogP contribution in [0.4, 0.5) is 5.69 Å². The molecule has 6 rings (SSSR count). The second-order valence-electron chi connectivity index (χ2n) is 9.00. The van der Waals surface area contributed by atoms with E-state index in [1.54, 1.807) is 35.1 Å². The Bertz CT molecular complexity index is 1720. The van der Waals surface area contributed by atoms with Gasteiger partial charge in [0.2, 0.25) is 17.4 Å². The predicted molar refractivity (Wildman–Crippen MR) is 135 cm³/mol. The summed E-state index contributed by atoms with van der Waals surface area (Å²) in [6.07, 6.45) is 4.84. The van der Waals surface area contributed by atoms with Crippen molar-refractivity contribution < 1.29 is 14.0 Å². The van der Waals surface area contributed by atoms with Crippen LogP contribution in [0.25, 0.3) is 16.6 Å². The standard InChI is InChI=1S/C27H22N6O4/c1-31-14-19(8-10-23(31)34)33-22-9-7-18(11-17(22)13-29-33)32-24(35)12-20(25(32)16-5-3-2-4-6-16)27-30-21(15-37-27)26(28)36/h2-11,13-15,20,25H,12H2,1H3,(H2,28,36)/t20-,25-/m0/s1. The van der Waals surface area contributed by atoms with Gasteiger partial charge in [-0.3, -0.25) is 14.4 Å². The first kappa shape index (κ1) is 22.5. The third-order valence-corrected chi connectivity index (χ3v) is 6.70. The van der Waals surface area contributed by atoms with Crippen molar-refractivity contribution in [3.05, 3.63) is 107 Å². The molecule has 184 valence electrons. The van der Waals surface area contributed by atoms with Gasteiger partial charge < -0.3 is 19.6 Å². The van der Waals surface area contributed by atoms with E-state index in [2.05, 4.69) is 10.1 Å². The third-order valence-electron chi connectivity index (χ3n) is 6.70. The van der Waals surface area contributed by atoms with Gasteiger partial charge in [0, 0.05) is 36.8 Å². The molecular weight excluding hydrogens is 472 g/mol. The number of primary amides is 1. The van der Waals surface area contributed by atoms with E-state index in [0.29, 0.717) is 11.6 Å². The van der Waals surface area contributed by atoms with Crippen molar-refractivity contribution in [2.75, 3.05) is 4.90 Å². The summed E-state index contributed by atoms with van der Waals surface area (Å²) in [5.41, 5.74) is 8.49. The molecular formula is C27H22N6O4. The molecule has 1 aliphatic rings. The van der Waals surface area contributed by atoms with Gasteiger partial charge >= 0.3 is 0 Å². The number of aromatic nitrogens is 4. The molecule has 4 heterocycles. The molecule has 2 N–H and O–H groups in total. The van der Waals surface area contributed by atoms with E-state index in [9.17, 15) is 14.4 Å². The van der Waals surface area contributed by atoms with Gasteiger partial charge in [-0.2, -0.15) is 5.10 Å². The summed E-state index contributed by atoms with van der Waals surface area (Å²) in [6, 6.07) is 18.2. The van der Waals surface area contributed by atoms with E-state index in [1.165, 1.54) is 16.9 Å². The van der Waals surface area contributed by atoms with Crippen LogP contribution >= 0.6 is 0 Å². The van der Waals surface area contributed by atoms with E-state index in [-0.39, 0.29) is 23.6 Å². The number of rotatable bonds is 5. The molecule has 0 saturated carbocycles. The highest BCUT2D eigenvalue weighted by Crippen LogP contribution is 2.46. The Morgan fingerprint density at radius 3 is 2.57 bits per heavy atom. The second kappa shape index (κ2) is 8.59. The van der Waals surface area contributed by atoms with Crippen molar-refractivity contribution in [2.24, 2.45) is 12.8 Å². The number of aryl methyl sites for hydroxylation is 1. The Hall–Kier alpha value is -4.99. The molecule has 2 atom stereocenters. The topological polar surface area (TPSA) is 129 Å². The van der Waals surface area contributed by atoms with Crippen LogP contribution in [0.5, 0.6) is 0 Å². The molecule has 0 unspecified atom stereocenters. The Labute approximate surface area is 210 Å². The fourth-order valence-electron chi connectivity index (χ4n) is 4.94. The SMILES string of the molecule is Cn1cc(-n2ncc3cc(N4C(=O)C[C@H](c5nc(C(N)=O)co5)[C@@H]4c4ccccc4)ccc32)ccc1=O. The number of carbonyl (C=O) groups is 2. The molecule has 0 bridgehead atoms. The Morgan fingerprint density at radius 2 is 1.84 bits per heavy atom. The lowest BCUT2D eigenvalue weighted by Gasteiger charge is -2.28. The van der Waals surface area contributed by atoms with Gasteiger partial charge in [0.05, 0.1) is 29.4 Å². The number of nitrogens with zero attached hydrogens (tertiary/aromatic N) is 5. The van der Waals surface area contributed by atoms with Gasteiger partial charge in [0.15, 0.2) is 5.69 Å². The van der Waals surface area contributed by atoms with Crippen LogP contribution in [0, 0.1) is 0 Å². The molecule has 1 fully saturated rings. The zero-order valence-electron chi connectivity index (χ0n) is 19.8. The van der Waals surface area contributed by atoms with Crippen molar-refractivity contribution in [2.45, 2.75) is 18.4 Å². The quantitative estimate of drug-likeness (QED) is 0.400. The number of hydrogen-bond donors (Lipinski definition) is 1. The van der Waals surface area contributed by atoms with Crippen LogP contribution in [-0.2, 0) is 11.8 Å². The first-order valence-corrected chi connectivity index (χ1v) is 11.7. The summed E-state index contributed by atoms with van der Waals surface area (Å²) < 4.78 is 8.85. The van der Waals surface area contributed by atoms with Crippen LogP contribution in [0.1, 0.15) is 40.3 Å². The highest BCUT2D eigenvalue weighted by molar-refractivity contribution is 5.99. The maximum Gasteiger partial charge on any atom is 0.270 e. The zero-order chi connectivity index (χ0) is 25.7. The fraction of sp³-hybridized carbons (Fsp3) is 0.148. The minimum atomic E-state index is -0.687. The van der Waals surface area contributed by atoms with Crippen molar-refractivity contribution in [1.29, 1.82) is 0 Å². The average molecular weight is 495 g/mol. The van der Waals surface area contributed by atoms with Crippen molar-refractivity contribution in [3.63, 3.8) is 0 Å². The molecule has 5 aromatic rings. The van der Waals surface area contributed by atoms with Crippen LogP contribution in [-0.4, -0.2) is 31.1 Å². The molecule has 37 heavy (non-hydrogen) atoms. The first-order valence-electron chi connectivity index (χ1n) is 11.7. The maximum absolute atomic E-state index is 13.4. The van der Waals surface area contributed by atoms with Crippen molar-refractivity contribution >= 4 is 28.4 Å². The summed E-state index contributed by atoms with van der Waals surface area (Å²) in [6.45, 7) is 0. The number of hydrogen-bond acceptors (Lipinski definition) is 6.